The molecule has 4 nitrogen and oxygen atoms in total. The fraction of sp³-hybridized carbons (Fsp3) is 0.571. The second-order valence-corrected chi connectivity index (χ2v) is 5.51. The molecular weight excluding hydrogens is 228 g/mol. The maximum absolute atomic E-state index is 11.4. The number of carbonyl (C=O) groups excluding carboxylic acids is 1. The molecule has 4 heteroatoms. The summed E-state index contributed by atoms with van der Waals surface area (Å²) in [5.74, 6) is 2.14. The van der Waals surface area contributed by atoms with Crippen molar-refractivity contribution in [1.82, 2.24) is 4.98 Å². The number of pyridine rings is 1. The lowest BCUT2D eigenvalue weighted by molar-refractivity contribution is 0.101. The van der Waals surface area contributed by atoms with Crippen LogP contribution in [0.15, 0.2) is 18.3 Å². The molecule has 3 rings (SSSR count). The van der Waals surface area contributed by atoms with Gasteiger partial charge in [-0.15, -0.1) is 0 Å². The first-order chi connectivity index (χ1) is 8.63. The van der Waals surface area contributed by atoms with E-state index >= 15 is 0 Å². The molecule has 1 unspecified atom stereocenters. The van der Waals surface area contributed by atoms with E-state index in [2.05, 4.69) is 9.88 Å². The second-order valence-electron chi connectivity index (χ2n) is 5.51. The van der Waals surface area contributed by atoms with Crippen molar-refractivity contribution in [3.63, 3.8) is 0 Å². The number of aliphatic hydroxyl groups excluding tert-OH is 1. The van der Waals surface area contributed by atoms with Gasteiger partial charge in [0.15, 0.2) is 5.78 Å². The lowest BCUT2D eigenvalue weighted by Gasteiger charge is -2.19. The molecule has 18 heavy (non-hydrogen) atoms. The van der Waals surface area contributed by atoms with Gasteiger partial charge in [0.05, 0.1) is 6.10 Å². The summed E-state index contributed by atoms with van der Waals surface area (Å²) in [5.41, 5.74) is 0.720. The van der Waals surface area contributed by atoms with Crippen LogP contribution in [0.2, 0.25) is 0 Å². The highest BCUT2D eigenvalue weighted by Gasteiger charge is 2.40. The summed E-state index contributed by atoms with van der Waals surface area (Å²) in [7, 11) is 0. The van der Waals surface area contributed by atoms with Crippen molar-refractivity contribution >= 4 is 11.6 Å². The number of hydrogen-bond donors (Lipinski definition) is 1. The van der Waals surface area contributed by atoms with Gasteiger partial charge in [-0.25, -0.2) is 4.98 Å². The van der Waals surface area contributed by atoms with E-state index in [0.29, 0.717) is 11.8 Å². The number of aromatic nitrogens is 1. The van der Waals surface area contributed by atoms with E-state index in [-0.39, 0.29) is 11.9 Å². The Bertz CT molecular complexity index is 461. The predicted molar refractivity (Wildman–Crippen MR) is 68.7 cm³/mol. The van der Waals surface area contributed by atoms with E-state index in [4.69, 9.17) is 0 Å². The summed E-state index contributed by atoms with van der Waals surface area (Å²) < 4.78 is 0. The van der Waals surface area contributed by atoms with Gasteiger partial charge in [-0.3, -0.25) is 4.79 Å². The first-order valence-electron chi connectivity index (χ1n) is 6.53. The van der Waals surface area contributed by atoms with Crippen LogP contribution < -0.4 is 4.90 Å². The zero-order valence-corrected chi connectivity index (χ0v) is 10.5. The van der Waals surface area contributed by atoms with Crippen molar-refractivity contribution in [1.29, 1.82) is 0 Å². The Morgan fingerprint density at radius 2 is 2.06 bits per heavy atom. The topological polar surface area (TPSA) is 53.4 Å². The van der Waals surface area contributed by atoms with Gasteiger partial charge in [0.1, 0.15) is 5.82 Å². The lowest BCUT2D eigenvalue weighted by Crippen LogP contribution is -2.23. The van der Waals surface area contributed by atoms with Crippen molar-refractivity contribution in [2.75, 3.05) is 18.0 Å². The minimum Gasteiger partial charge on any atom is -0.393 e. The fourth-order valence-electron chi connectivity index (χ4n) is 3.27. The molecule has 0 bridgehead atoms. The number of carbonyl (C=O) groups is 1. The highest BCUT2D eigenvalue weighted by atomic mass is 16.3. The minimum absolute atomic E-state index is 0.0773. The predicted octanol–water partition coefficient (Wildman–Crippen LogP) is 1.49. The Kier molecular flexibility index (Phi) is 2.82. The van der Waals surface area contributed by atoms with Gasteiger partial charge in [0.2, 0.25) is 0 Å². The van der Waals surface area contributed by atoms with Gasteiger partial charge >= 0.3 is 0 Å². The average molecular weight is 246 g/mol. The third-order valence-corrected chi connectivity index (χ3v) is 4.20. The largest absolute Gasteiger partial charge is 0.393 e. The molecule has 0 aromatic carbocycles. The molecular formula is C14H18N2O2. The maximum Gasteiger partial charge on any atom is 0.159 e. The molecule has 1 aliphatic heterocycles. The van der Waals surface area contributed by atoms with Gasteiger partial charge in [-0.1, -0.05) is 0 Å². The van der Waals surface area contributed by atoms with Crippen molar-refractivity contribution in [3.05, 3.63) is 23.9 Å². The number of fused-ring (bicyclic) bond motifs is 1. The molecule has 1 saturated heterocycles. The molecule has 1 saturated carbocycles. The third-order valence-electron chi connectivity index (χ3n) is 4.20. The van der Waals surface area contributed by atoms with Gasteiger partial charge < -0.3 is 10.0 Å². The number of Topliss-reactive ketones (excluding diaryl/α,β-unsaturated/α-hetero) is 1. The molecule has 2 fully saturated rings. The van der Waals surface area contributed by atoms with Gasteiger partial charge in [-0.05, 0) is 43.7 Å². The lowest BCUT2D eigenvalue weighted by atomic mass is 10.0. The molecule has 3 atom stereocenters. The Morgan fingerprint density at radius 3 is 2.67 bits per heavy atom. The van der Waals surface area contributed by atoms with Gasteiger partial charge in [0, 0.05) is 24.8 Å². The van der Waals surface area contributed by atoms with Crippen molar-refractivity contribution < 1.29 is 9.90 Å². The first kappa shape index (κ1) is 11.7. The zero-order valence-electron chi connectivity index (χ0n) is 10.5. The number of rotatable bonds is 2. The van der Waals surface area contributed by atoms with Crippen LogP contribution in [-0.4, -0.2) is 35.1 Å². The average Bonchev–Trinajstić information content (AvgIpc) is 2.86. The molecule has 96 valence electrons. The van der Waals surface area contributed by atoms with Crippen LogP contribution in [0.25, 0.3) is 0 Å². The first-order valence-corrected chi connectivity index (χ1v) is 6.53. The molecule has 2 heterocycles. The van der Waals surface area contributed by atoms with E-state index in [0.717, 1.165) is 37.3 Å². The van der Waals surface area contributed by atoms with Gasteiger partial charge in [-0.2, -0.15) is 0 Å². The Morgan fingerprint density at radius 1 is 1.39 bits per heavy atom. The fourth-order valence-corrected chi connectivity index (χ4v) is 3.27. The summed E-state index contributed by atoms with van der Waals surface area (Å²) in [4.78, 5) is 18.0. The third kappa shape index (κ3) is 2.01. The highest BCUT2D eigenvalue weighted by Crippen LogP contribution is 2.39. The maximum atomic E-state index is 11.4. The number of ketones is 1. The van der Waals surface area contributed by atoms with Gasteiger partial charge in [0.25, 0.3) is 0 Å². The summed E-state index contributed by atoms with van der Waals surface area (Å²) in [6.45, 7) is 3.49. The van der Waals surface area contributed by atoms with Crippen LogP contribution in [-0.2, 0) is 0 Å². The number of aliphatic hydroxyl groups is 1. The standard InChI is InChI=1S/C14H18N2O2/c1-9(17)10-2-3-15-14(6-10)16-7-11-4-13(18)5-12(11)8-16/h2-3,6,11-13,18H,4-5,7-8H2,1H3/t11-,12+,13?. The highest BCUT2D eigenvalue weighted by molar-refractivity contribution is 5.94. The van der Waals surface area contributed by atoms with Crippen LogP contribution >= 0.6 is 0 Å². The van der Waals surface area contributed by atoms with E-state index < -0.39 is 0 Å². The van der Waals surface area contributed by atoms with Crippen LogP contribution in [0, 0.1) is 11.8 Å². The number of hydrogen-bond acceptors (Lipinski definition) is 4. The summed E-state index contributed by atoms with van der Waals surface area (Å²) in [5, 5.41) is 9.63. The van der Waals surface area contributed by atoms with Crippen LogP contribution in [0.1, 0.15) is 30.1 Å². The van der Waals surface area contributed by atoms with Crippen molar-refractivity contribution in [2.24, 2.45) is 11.8 Å². The zero-order chi connectivity index (χ0) is 12.7. The van der Waals surface area contributed by atoms with Crippen molar-refractivity contribution in [2.45, 2.75) is 25.9 Å². The van der Waals surface area contributed by atoms with Crippen LogP contribution in [0.3, 0.4) is 0 Å². The van der Waals surface area contributed by atoms with E-state index in [9.17, 15) is 9.90 Å². The monoisotopic (exact) mass is 246 g/mol. The quantitative estimate of drug-likeness (QED) is 0.803. The molecule has 1 N–H and O–H groups in total. The molecule has 0 spiro atoms. The summed E-state index contributed by atoms with van der Waals surface area (Å²) in [6.07, 6.45) is 3.41. The Balaban J connectivity index is 1.77. The number of anilines is 1. The Hall–Kier alpha value is -1.42. The van der Waals surface area contributed by atoms with Crippen LogP contribution in [0.5, 0.6) is 0 Å². The Labute approximate surface area is 107 Å². The summed E-state index contributed by atoms with van der Waals surface area (Å²) >= 11 is 0. The van der Waals surface area contributed by atoms with Crippen molar-refractivity contribution in [3.8, 4) is 0 Å². The second kappa shape index (κ2) is 4.35. The van der Waals surface area contributed by atoms with E-state index in [1.807, 2.05) is 6.07 Å². The van der Waals surface area contributed by atoms with E-state index in [1.165, 1.54) is 0 Å². The molecule has 0 amide bonds. The molecule has 1 aromatic rings. The number of nitrogens with zero attached hydrogens (tertiary/aromatic N) is 2. The smallest absolute Gasteiger partial charge is 0.159 e. The van der Waals surface area contributed by atoms with E-state index in [1.54, 1.807) is 19.2 Å². The molecule has 1 aromatic heterocycles. The molecule has 1 aliphatic carbocycles. The SMILES string of the molecule is CC(=O)c1ccnc(N2C[C@H]3CC(O)C[C@H]3C2)c1. The summed E-state index contributed by atoms with van der Waals surface area (Å²) in [6, 6.07) is 3.63. The normalized spacial score (nSPS) is 30.6. The minimum atomic E-state index is -0.112. The molecule has 0 radical (unpaired) electrons. The molecule has 2 aliphatic rings. The van der Waals surface area contributed by atoms with Crippen LogP contribution in [0.4, 0.5) is 5.82 Å².